The molecule has 3 nitrogen and oxygen atoms in total. The van der Waals surface area contributed by atoms with Crippen LogP contribution in [-0.4, -0.2) is 10.9 Å². The van der Waals surface area contributed by atoms with Gasteiger partial charge in [0.05, 0.1) is 11.4 Å². The molecule has 1 aromatic heterocycles. The number of carbonyl (C=O) groups excluding carboxylic acids is 1. The van der Waals surface area contributed by atoms with Crippen molar-refractivity contribution in [2.45, 2.75) is 31.4 Å². The maximum absolute atomic E-state index is 12.3. The second-order valence-electron chi connectivity index (χ2n) is 5.96. The fourth-order valence-corrected chi connectivity index (χ4v) is 4.92. The van der Waals surface area contributed by atoms with Gasteiger partial charge in [0.25, 0.3) is 0 Å². The summed E-state index contributed by atoms with van der Waals surface area (Å²) in [6.45, 7) is 5.70. The predicted molar refractivity (Wildman–Crippen MR) is 115 cm³/mol. The van der Waals surface area contributed by atoms with Crippen LogP contribution in [0.25, 0.3) is 0 Å². The minimum atomic E-state index is -0.0346. The number of thioether (sulfide) groups is 1. The number of benzene rings is 2. The second kappa shape index (κ2) is 8.37. The third kappa shape index (κ3) is 4.37. The Morgan fingerprint density at radius 2 is 1.96 bits per heavy atom. The number of thiazole rings is 1. The quantitative estimate of drug-likeness (QED) is 0.419. The van der Waals surface area contributed by atoms with Gasteiger partial charge in [-0.15, -0.1) is 23.1 Å². The van der Waals surface area contributed by atoms with Crippen molar-refractivity contribution in [3.8, 4) is 0 Å². The third-order valence-electron chi connectivity index (χ3n) is 4.01. The number of aryl methyl sites for hydroxylation is 2. The van der Waals surface area contributed by atoms with E-state index in [4.69, 9.17) is 4.98 Å². The first-order valence-corrected chi connectivity index (χ1v) is 10.8. The van der Waals surface area contributed by atoms with Crippen molar-refractivity contribution >= 4 is 55.8 Å². The maximum Gasteiger partial charge on any atom is 0.230 e. The van der Waals surface area contributed by atoms with E-state index in [1.807, 2.05) is 41.8 Å². The van der Waals surface area contributed by atoms with Crippen molar-refractivity contribution in [2.75, 3.05) is 4.90 Å². The lowest BCUT2D eigenvalue weighted by molar-refractivity contribution is -0.115. The van der Waals surface area contributed by atoms with Crippen molar-refractivity contribution in [3.63, 3.8) is 0 Å². The first kappa shape index (κ1) is 19.1. The normalized spacial score (nSPS) is 10.8. The van der Waals surface area contributed by atoms with Crippen LogP contribution < -0.4 is 4.90 Å². The van der Waals surface area contributed by atoms with Crippen LogP contribution in [0.2, 0.25) is 0 Å². The van der Waals surface area contributed by atoms with Gasteiger partial charge in [0.15, 0.2) is 5.13 Å². The van der Waals surface area contributed by atoms with E-state index in [0.717, 1.165) is 27.2 Å². The van der Waals surface area contributed by atoms with Gasteiger partial charge in [0.2, 0.25) is 5.91 Å². The van der Waals surface area contributed by atoms with Gasteiger partial charge in [-0.2, -0.15) is 0 Å². The Balaban J connectivity index is 1.80. The minimum absolute atomic E-state index is 0.0346. The molecule has 0 saturated carbocycles. The molecule has 0 aliphatic rings. The average molecular weight is 447 g/mol. The Labute approximate surface area is 170 Å². The molecule has 6 heteroatoms. The number of carbonyl (C=O) groups is 1. The molecule has 134 valence electrons. The number of hydrogen-bond donors (Lipinski definition) is 0. The molecule has 3 rings (SSSR count). The number of halogens is 1. The summed E-state index contributed by atoms with van der Waals surface area (Å²) in [6, 6.07) is 14.2. The van der Waals surface area contributed by atoms with Crippen molar-refractivity contribution in [1.82, 2.24) is 4.98 Å². The molecule has 0 bridgehead atoms. The summed E-state index contributed by atoms with van der Waals surface area (Å²) in [5.41, 5.74) is 4.21. The molecular formula is C20H19BrN2OS2. The van der Waals surface area contributed by atoms with Crippen molar-refractivity contribution < 1.29 is 4.79 Å². The SMILES string of the molecule is CC(=O)N(c1ccc(C)c(C)c1)c1nc(CSc2ccccc2Br)cs1. The minimum Gasteiger partial charge on any atom is -0.274 e. The maximum atomic E-state index is 12.3. The van der Waals surface area contributed by atoms with Crippen LogP contribution in [-0.2, 0) is 10.5 Å². The zero-order valence-electron chi connectivity index (χ0n) is 14.8. The molecule has 1 heterocycles. The highest BCUT2D eigenvalue weighted by molar-refractivity contribution is 9.10. The molecular weight excluding hydrogens is 428 g/mol. The van der Waals surface area contributed by atoms with Crippen LogP contribution in [0.15, 0.2) is 57.2 Å². The Morgan fingerprint density at radius 3 is 2.65 bits per heavy atom. The molecule has 2 aromatic carbocycles. The Hall–Kier alpha value is -1.63. The Bertz CT molecular complexity index is 939. The van der Waals surface area contributed by atoms with E-state index in [-0.39, 0.29) is 5.91 Å². The monoisotopic (exact) mass is 446 g/mol. The first-order chi connectivity index (χ1) is 12.5. The van der Waals surface area contributed by atoms with Gasteiger partial charge >= 0.3 is 0 Å². The first-order valence-electron chi connectivity index (χ1n) is 8.15. The summed E-state index contributed by atoms with van der Waals surface area (Å²) in [4.78, 5) is 19.8. The molecule has 0 aliphatic heterocycles. The van der Waals surface area contributed by atoms with Crippen LogP contribution in [0, 0.1) is 13.8 Å². The predicted octanol–water partition coefficient (Wildman–Crippen LogP) is 6.50. The fourth-order valence-electron chi connectivity index (χ4n) is 2.47. The van der Waals surface area contributed by atoms with E-state index in [0.29, 0.717) is 5.13 Å². The number of hydrogen-bond acceptors (Lipinski definition) is 4. The number of nitrogens with zero attached hydrogens (tertiary/aromatic N) is 2. The molecule has 3 aromatic rings. The Morgan fingerprint density at radius 1 is 1.19 bits per heavy atom. The van der Waals surface area contributed by atoms with Crippen molar-refractivity contribution in [1.29, 1.82) is 0 Å². The molecule has 0 spiro atoms. The summed E-state index contributed by atoms with van der Waals surface area (Å²) in [6.07, 6.45) is 0. The van der Waals surface area contributed by atoms with Gasteiger partial charge in [-0.25, -0.2) is 4.98 Å². The lowest BCUT2D eigenvalue weighted by Crippen LogP contribution is -2.22. The van der Waals surface area contributed by atoms with Crippen LogP contribution in [0.1, 0.15) is 23.7 Å². The molecule has 0 atom stereocenters. The van der Waals surface area contributed by atoms with Crippen LogP contribution >= 0.6 is 39.0 Å². The topological polar surface area (TPSA) is 33.2 Å². The highest BCUT2D eigenvalue weighted by Gasteiger charge is 2.18. The molecule has 0 aliphatic carbocycles. The summed E-state index contributed by atoms with van der Waals surface area (Å²) in [5.74, 6) is 0.727. The lowest BCUT2D eigenvalue weighted by Gasteiger charge is -2.19. The fraction of sp³-hybridized carbons (Fsp3) is 0.200. The summed E-state index contributed by atoms with van der Waals surface area (Å²) in [5, 5.41) is 2.74. The number of rotatable bonds is 5. The molecule has 0 unspecified atom stereocenters. The van der Waals surface area contributed by atoms with E-state index in [1.54, 1.807) is 23.6 Å². The van der Waals surface area contributed by atoms with E-state index in [9.17, 15) is 4.79 Å². The highest BCUT2D eigenvalue weighted by atomic mass is 79.9. The molecule has 0 N–H and O–H groups in total. The van der Waals surface area contributed by atoms with Gasteiger partial charge in [-0.1, -0.05) is 18.2 Å². The zero-order chi connectivity index (χ0) is 18.7. The highest BCUT2D eigenvalue weighted by Crippen LogP contribution is 2.33. The Kier molecular flexibility index (Phi) is 6.16. The van der Waals surface area contributed by atoms with Gasteiger partial charge in [0.1, 0.15) is 0 Å². The third-order valence-corrected chi connectivity index (χ3v) is 6.94. The van der Waals surface area contributed by atoms with E-state index >= 15 is 0 Å². The second-order valence-corrected chi connectivity index (χ2v) is 8.67. The number of amides is 1. The summed E-state index contributed by atoms with van der Waals surface area (Å²) >= 11 is 6.80. The molecule has 26 heavy (non-hydrogen) atoms. The molecule has 1 amide bonds. The van der Waals surface area contributed by atoms with Crippen LogP contribution in [0.3, 0.4) is 0 Å². The number of anilines is 2. The average Bonchev–Trinajstić information content (AvgIpc) is 3.05. The van der Waals surface area contributed by atoms with E-state index in [2.05, 4.69) is 35.8 Å². The van der Waals surface area contributed by atoms with Crippen LogP contribution in [0.5, 0.6) is 0 Å². The van der Waals surface area contributed by atoms with E-state index < -0.39 is 0 Å². The molecule has 0 radical (unpaired) electrons. The van der Waals surface area contributed by atoms with Gasteiger partial charge in [-0.05, 0) is 65.2 Å². The largest absolute Gasteiger partial charge is 0.274 e. The van der Waals surface area contributed by atoms with Gasteiger partial charge in [-0.3, -0.25) is 9.69 Å². The van der Waals surface area contributed by atoms with E-state index in [1.165, 1.54) is 21.8 Å². The van der Waals surface area contributed by atoms with Gasteiger partial charge in [0, 0.05) is 27.4 Å². The summed E-state index contributed by atoms with van der Waals surface area (Å²) in [7, 11) is 0. The lowest BCUT2D eigenvalue weighted by atomic mass is 10.1. The zero-order valence-corrected chi connectivity index (χ0v) is 18.0. The molecule has 0 saturated heterocycles. The van der Waals surface area contributed by atoms with Crippen molar-refractivity contribution in [2.24, 2.45) is 0 Å². The smallest absolute Gasteiger partial charge is 0.230 e. The number of aromatic nitrogens is 1. The standard InChI is InChI=1S/C20H19BrN2OS2/c1-13-8-9-17(10-14(13)2)23(15(3)24)20-22-16(12-26-20)11-25-19-7-5-4-6-18(19)21/h4-10,12H,11H2,1-3H3. The van der Waals surface area contributed by atoms with Gasteiger partial charge < -0.3 is 0 Å². The molecule has 0 fully saturated rings. The van der Waals surface area contributed by atoms with Crippen LogP contribution in [0.4, 0.5) is 10.8 Å². The van der Waals surface area contributed by atoms with Crippen molar-refractivity contribution in [3.05, 3.63) is 69.1 Å². The summed E-state index contributed by atoms with van der Waals surface area (Å²) < 4.78 is 1.08.